The molecular formula is C14H15ClOS. The normalized spacial score (nSPS) is 12.5. The summed E-state index contributed by atoms with van der Waals surface area (Å²) in [5, 5.41) is 1.87. The van der Waals surface area contributed by atoms with Gasteiger partial charge in [-0.15, -0.1) is 22.9 Å². The average molecular weight is 267 g/mol. The molecule has 1 aromatic heterocycles. The van der Waals surface area contributed by atoms with E-state index in [9.17, 15) is 0 Å². The summed E-state index contributed by atoms with van der Waals surface area (Å²) in [6.07, 6.45) is 0. The molecule has 0 N–H and O–H groups in total. The standard InChI is InChI=1S/C14H15ClOS/c1-9-4-5-11(8-10(9)2)13(15)14-12(16-3)6-7-17-14/h4-8,13H,1-3H3. The molecular weight excluding hydrogens is 252 g/mol. The van der Waals surface area contributed by atoms with E-state index in [2.05, 4.69) is 32.0 Å². The van der Waals surface area contributed by atoms with Crippen molar-refractivity contribution in [3.05, 3.63) is 51.2 Å². The molecule has 1 aromatic carbocycles. The zero-order valence-electron chi connectivity index (χ0n) is 10.2. The van der Waals surface area contributed by atoms with Crippen molar-refractivity contribution in [2.75, 3.05) is 7.11 Å². The molecule has 0 saturated carbocycles. The molecule has 0 radical (unpaired) electrons. The van der Waals surface area contributed by atoms with Gasteiger partial charge in [0.1, 0.15) is 5.75 Å². The second-order valence-electron chi connectivity index (χ2n) is 4.06. The summed E-state index contributed by atoms with van der Waals surface area (Å²) >= 11 is 8.14. The van der Waals surface area contributed by atoms with Crippen LogP contribution in [0.3, 0.4) is 0 Å². The summed E-state index contributed by atoms with van der Waals surface area (Å²) in [5.74, 6) is 0.869. The fourth-order valence-corrected chi connectivity index (χ4v) is 3.00. The van der Waals surface area contributed by atoms with Crippen LogP contribution in [0.2, 0.25) is 0 Å². The number of aryl methyl sites for hydroxylation is 2. The largest absolute Gasteiger partial charge is 0.496 e. The first-order valence-electron chi connectivity index (χ1n) is 5.46. The van der Waals surface area contributed by atoms with Crippen molar-refractivity contribution >= 4 is 22.9 Å². The lowest BCUT2D eigenvalue weighted by Crippen LogP contribution is -1.95. The van der Waals surface area contributed by atoms with Gasteiger partial charge in [-0.1, -0.05) is 18.2 Å². The number of rotatable bonds is 3. The molecule has 0 amide bonds. The third kappa shape index (κ3) is 2.48. The van der Waals surface area contributed by atoms with Crippen LogP contribution in [0.15, 0.2) is 29.6 Å². The maximum Gasteiger partial charge on any atom is 0.134 e. The van der Waals surface area contributed by atoms with Crippen molar-refractivity contribution in [3.63, 3.8) is 0 Å². The van der Waals surface area contributed by atoms with Crippen LogP contribution in [0.1, 0.15) is 26.9 Å². The lowest BCUT2D eigenvalue weighted by atomic mass is 10.0. The van der Waals surface area contributed by atoms with Gasteiger partial charge in [0.15, 0.2) is 0 Å². The Labute approximate surface area is 111 Å². The molecule has 1 atom stereocenters. The first kappa shape index (κ1) is 12.5. The Morgan fingerprint density at radius 3 is 2.59 bits per heavy atom. The van der Waals surface area contributed by atoms with Crippen molar-refractivity contribution in [3.8, 4) is 5.75 Å². The number of hydrogen-bond acceptors (Lipinski definition) is 2. The molecule has 17 heavy (non-hydrogen) atoms. The van der Waals surface area contributed by atoms with E-state index < -0.39 is 0 Å². The molecule has 0 aliphatic carbocycles. The lowest BCUT2D eigenvalue weighted by Gasteiger charge is -2.12. The van der Waals surface area contributed by atoms with Gasteiger partial charge in [-0.05, 0) is 42.0 Å². The van der Waals surface area contributed by atoms with Crippen LogP contribution in [-0.2, 0) is 0 Å². The Balaban J connectivity index is 2.36. The van der Waals surface area contributed by atoms with Gasteiger partial charge in [-0.2, -0.15) is 0 Å². The highest BCUT2D eigenvalue weighted by atomic mass is 35.5. The number of thiophene rings is 1. The van der Waals surface area contributed by atoms with Crippen molar-refractivity contribution in [1.29, 1.82) is 0 Å². The monoisotopic (exact) mass is 266 g/mol. The second kappa shape index (κ2) is 5.11. The number of hydrogen-bond donors (Lipinski definition) is 0. The molecule has 2 rings (SSSR count). The summed E-state index contributed by atoms with van der Waals surface area (Å²) in [5.41, 5.74) is 3.68. The maximum absolute atomic E-state index is 6.51. The number of benzene rings is 1. The molecule has 1 unspecified atom stereocenters. The van der Waals surface area contributed by atoms with Crippen molar-refractivity contribution in [1.82, 2.24) is 0 Å². The second-order valence-corrected chi connectivity index (χ2v) is 5.44. The first-order chi connectivity index (χ1) is 8.13. The van der Waals surface area contributed by atoms with Gasteiger partial charge in [0.25, 0.3) is 0 Å². The fourth-order valence-electron chi connectivity index (χ4n) is 1.74. The quantitative estimate of drug-likeness (QED) is 0.732. The highest BCUT2D eigenvalue weighted by Gasteiger charge is 2.17. The fraction of sp³-hybridized carbons (Fsp3) is 0.286. The van der Waals surface area contributed by atoms with Crippen LogP contribution < -0.4 is 4.74 Å². The molecule has 0 aliphatic heterocycles. The average Bonchev–Trinajstić information content (AvgIpc) is 2.80. The van der Waals surface area contributed by atoms with Gasteiger partial charge >= 0.3 is 0 Å². The molecule has 0 saturated heterocycles. The van der Waals surface area contributed by atoms with Crippen molar-refractivity contribution in [2.45, 2.75) is 19.2 Å². The van der Waals surface area contributed by atoms with Gasteiger partial charge in [-0.3, -0.25) is 0 Å². The van der Waals surface area contributed by atoms with Gasteiger partial charge in [-0.25, -0.2) is 0 Å². The van der Waals surface area contributed by atoms with E-state index in [0.717, 1.165) is 16.2 Å². The van der Waals surface area contributed by atoms with Crippen LogP contribution in [0.4, 0.5) is 0 Å². The minimum Gasteiger partial charge on any atom is -0.496 e. The third-order valence-electron chi connectivity index (χ3n) is 2.93. The molecule has 0 bridgehead atoms. The minimum atomic E-state index is -0.135. The van der Waals surface area contributed by atoms with Gasteiger partial charge < -0.3 is 4.74 Å². The summed E-state index contributed by atoms with van der Waals surface area (Å²) in [7, 11) is 1.68. The molecule has 0 spiro atoms. The Hall–Kier alpha value is -0.990. The zero-order valence-corrected chi connectivity index (χ0v) is 11.7. The molecule has 0 aliphatic rings. The predicted octanol–water partition coefficient (Wildman–Crippen LogP) is 4.70. The SMILES string of the molecule is COc1ccsc1C(Cl)c1ccc(C)c(C)c1. The van der Waals surface area contributed by atoms with Crippen molar-refractivity contribution < 1.29 is 4.74 Å². The summed E-state index contributed by atoms with van der Waals surface area (Å²) < 4.78 is 5.31. The van der Waals surface area contributed by atoms with Crippen LogP contribution in [-0.4, -0.2) is 7.11 Å². The summed E-state index contributed by atoms with van der Waals surface area (Å²) in [6.45, 7) is 4.21. The van der Waals surface area contributed by atoms with E-state index in [4.69, 9.17) is 16.3 Å². The predicted molar refractivity (Wildman–Crippen MR) is 74.5 cm³/mol. The molecule has 2 aromatic rings. The third-order valence-corrected chi connectivity index (χ3v) is 4.49. The molecule has 1 heterocycles. The summed E-state index contributed by atoms with van der Waals surface area (Å²) in [6, 6.07) is 8.29. The van der Waals surface area contributed by atoms with E-state index >= 15 is 0 Å². The van der Waals surface area contributed by atoms with Crippen LogP contribution in [0.5, 0.6) is 5.75 Å². The molecule has 1 nitrogen and oxygen atoms in total. The highest BCUT2D eigenvalue weighted by Crippen LogP contribution is 2.39. The van der Waals surface area contributed by atoms with E-state index in [1.165, 1.54) is 11.1 Å². The van der Waals surface area contributed by atoms with E-state index in [0.29, 0.717) is 0 Å². The minimum absolute atomic E-state index is 0.135. The van der Waals surface area contributed by atoms with Gasteiger partial charge in [0, 0.05) is 0 Å². The lowest BCUT2D eigenvalue weighted by molar-refractivity contribution is 0.413. The molecule has 0 fully saturated rings. The number of ether oxygens (including phenoxy) is 1. The highest BCUT2D eigenvalue weighted by molar-refractivity contribution is 7.10. The Morgan fingerprint density at radius 2 is 1.94 bits per heavy atom. The number of halogens is 1. The smallest absolute Gasteiger partial charge is 0.134 e. The van der Waals surface area contributed by atoms with Gasteiger partial charge in [0.2, 0.25) is 0 Å². The van der Waals surface area contributed by atoms with Crippen LogP contribution >= 0.6 is 22.9 Å². The maximum atomic E-state index is 6.51. The molecule has 3 heteroatoms. The van der Waals surface area contributed by atoms with E-state index in [1.54, 1.807) is 18.4 Å². The Morgan fingerprint density at radius 1 is 1.18 bits per heavy atom. The molecule has 90 valence electrons. The zero-order chi connectivity index (χ0) is 12.4. The first-order valence-corrected chi connectivity index (χ1v) is 6.77. The topological polar surface area (TPSA) is 9.23 Å². The van der Waals surface area contributed by atoms with Crippen LogP contribution in [0.25, 0.3) is 0 Å². The van der Waals surface area contributed by atoms with Crippen LogP contribution in [0, 0.1) is 13.8 Å². The number of methoxy groups -OCH3 is 1. The number of alkyl halides is 1. The Bertz CT molecular complexity index is 519. The summed E-state index contributed by atoms with van der Waals surface area (Å²) in [4.78, 5) is 1.07. The van der Waals surface area contributed by atoms with Crippen molar-refractivity contribution in [2.24, 2.45) is 0 Å². The van der Waals surface area contributed by atoms with E-state index in [-0.39, 0.29) is 5.38 Å². The van der Waals surface area contributed by atoms with E-state index in [1.807, 2.05) is 11.4 Å². The van der Waals surface area contributed by atoms with Gasteiger partial charge in [0.05, 0.1) is 17.4 Å². The Kier molecular flexibility index (Phi) is 3.75.